The van der Waals surface area contributed by atoms with E-state index < -0.39 is 15.8 Å². The Morgan fingerprint density at radius 2 is 1.85 bits per heavy atom. The highest BCUT2D eigenvalue weighted by Crippen LogP contribution is 2.23. The first kappa shape index (κ1) is 14.5. The molecule has 0 saturated heterocycles. The molecule has 0 amide bonds. The lowest BCUT2D eigenvalue weighted by molar-refractivity contribution is 0.599. The van der Waals surface area contributed by atoms with E-state index in [1.54, 1.807) is 18.5 Å². The molecule has 0 aliphatic carbocycles. The van der Waals surface area contributed by atoms with Crippen LogP contribution in [0.5, 0.6) is 0 Å². The van der Waals surface area contributed by atoms with Gasteiger partial charge in [0.05, 0.1) is 22.0 Å². The zero-order chi connectivity index (χ0) is 14.9. The highest BCUT2D eigenvalue weighted by atomic mass is 32.2. The third-order valence-corrected chi connectivity index (χ3v) is 4.41. The van der Waals surface area contributed by atoms with E-state index in [1.165, 1.54) is 12.1 Å². The fourth-order valence-electron chi connectivity index (χ4n) is 1.96. The van der Waals surface area contributed by atoms with Crippen molar-refractivity contribution < 1.29 is 12.8 Å². The van der Waals surface area contributed by atoms with Gasteiger partial charge in [0.2, 0.25) is 0 Å². The van der Waals surface area contributed by atoms with Crippen LogP contribution in [0.3, 0.4) is 0 Å². The van der Waals surface area contributed by atoms with Crippen molar-refractivity contribution in [2.45, 2.75) is 32.2 Å². The number of hydrogen-bond donors (Lipinski definition) is 1. The van der Waals surface area contributed by atoms with Crippen molar-refractivity contribution in [1.29, 1.82) is 0 Å². The van der Waals surface area contributed by atoms with Gasteiger partial charge < -0.3 is 0 Å². The summed E-state index contributed by atoms with van der Waals surface area (Å²) in [5.41, 5.74) is 1.82. The minimum atomic E-state index is -3.74. The molecular formula is C13H16FN3O2S. The number of hydrogen-bond acceptors (Lipinski definition) is 3. The van der Waals surface area contributed by atoms with Gasteiger partial charge in [-0.3, -0.25) is 9.40 Å². The smallest absolute Gasteiger partial charge is 0.262 e. The summed E-state index contributed by atoms with van der Waals surface area (Å²) in [5.74, 6) is -0.477. The third-order valence-electron chi connectivity index (χ3n) is 3.04. The number of sulfonamides is 1. The molecule has 0 spiro atoms. The van der Waals surface area contributed by atoms with Crippen LogP contribution in [0, 0.1) is 19.7 Å². The van der Waals surface area contributed by atoms with Crippen molar-refractivity contribution in [2.75, 3.05) is 4.72 Å². The van der Waals surface area contributed by atoms with Crippen LogP contribution in [0.15, 0.2) is 29.2 Å². The van der Waals surface area contributed by atoms with Gasteiger partial charge in [-0.25, -0.2) is 12.8 Å². The molecule has 1 N–H and O–H groups in total. The highest BCUT2D eigenvalue weighted by molar-refractivity contribution is 7.92. The van der Waals surface area contributed by atoms with E-state index in [2.05, 4.69) is 9.82 Å². The van der Waals surface area contributed by atoms with Crippen molar-refractivity contribution in [3.8, 4) is 0 Å². The van der Waals surface area contributed by atoms with Gasteiger partial charge in [0, 0.05) is 6.54 Å². The van der Waals surface area contributed by atoms with Crippen LogP contribution < -0.4 is 4.72 Å². The van der Waals surface area contributed by atoms with Crippen LogP contribution in [0.1, 0.15) is 18.3 Å². The first-order valence-electron chi connectivity index (χ1n) is 6.17. The van der Waals surface area contributed by atoms with Crippen molar-refractivity contribution in [3.05, 3.63) is 41.5 Å². The normalized spacial score (nSPS) is 11.6. The number of halogens is 1. The van der Waals surface area contributed by atoms with Crippen molar-refractivity contribution in [3.63, 3.8) is 0 Å². The summed E-state index contributed by atoms with van der Waals surface area (Å²) in [4.78, 5) is 0.0157. The number of aromatic nitrogens is 2. The first-order valence-corrected chi connectivity index (χ1v) is 7.66. The first-order chi connectivity index (χ1) is 9.35. The molecule has 0 fully saturated rings. The topological polar surface area (TPSA) is 64.0 Å². The van der Waals surface area contributed by atoms with Gasteiger partial charge in [-0.05, 0) is 45.0 Å². The molecular weight excluding hydrogens is 281 g/mol. The number of anilines is 1. The molecule has 2 rings (SSSR count). The van der Waals surface area contributed by atoms with Crippen LogP contribution in [0.4, 0.5) is 10.1 Å². The van der Waals surface area contributed by atoms with Crippen LogP contribution in [-0.2, 0) is 16.6 Å². The lowest BCUT2D eigenvalue weighted by Crippen LogP contribution is -2.14. The summed E-state index contributed by atoms with van der Waals surface area (Å²) in [5, 5.41) is 4.25. The predicted octanol–water partition coefficient (Wildman–Crippen LogP) is 2.46. The molecule has 0 atom stereocenters. The minimum absolute atomic E-state index is 0.0157. The number of benzene rings is 1. The van der Waals surface area contributed by atoms with E-state index in [0.29, 0.717) is 17.9 Å². The summed E-state index contributed by atoms with van der Waals surface area (Å²) < 4.78 is 41.6. The molecule has 2 aromatic rings. The maximum absolute atomic E-state index is 12.9. The van der Waals surface area contributed by atoms with E-state index in [4.69, 9.17) is 0 Å². The number of nitrogens with one attached hydrogen (secondary N) is 1. The van der Waals surface area contributed by atoms with Crippen molar-refractivity contribution in [1.82, 2.24) is 9.78 Å². The van der Waals surface area contributed by atoms with E-state index in [-0.39, 0.29) is 4.90 Å². The molecule has 20 heavy (non-hydrogen) atoms. The van der Waals surface area contributed by atoms with Crippen molar-refractivity contribution >= 4 is 15.7 Å². The standard InChI is InChI=1S/C13H16FN3O2S/c1-4-17-10(3)13(9(2)15-17)16-20(18,19)12-7-5-11(14)6-8-12/h5-8,16H,4H2,1-3H3. The second-order valence-corrected chi connectivity index (χ2v) is 6.10. The zero-order valence-electron chi connectivity index (χ0n) is 11.5. The van der Waals surface area contributed by atoms with E-state index in [0.717, 1.165) is 17.8 Å². The highest BCUT2D eigenvalue weighted by Gasteiger charge is 2.19. The molecule has 108 valence electrons. The summed E-state index contributed by atoms with van der Waals surface area (Å²) in [6.07, 6.45) is 0. The van der Waals surface area contributed by atoms with Crippen LogP contribution in [-0.4, -0.2) is 18.2 Å². The average Bonchev–Trinajstić information content (AvgIpc) is 2.66. The van der Waals surface area contributed by atoms with E-state index in [1.807, 2.05) is 6.92 Å². The number of nitrogens with zero attached hydrogens (tertiary/aromatic N) is 2. The Morgan fingerprint density at radius 3 is 2.35 bits per heavy atom. The second kappa shape index (κ2) is 5.24. The van der Waals surface area contributed by atoms with Crippen LogP contribution in [0.25, 0.3) is 0 Å². The average molecular weight is 297 g/mol. The Morgan fingerprint density at radius 1 is 1.25 bits per heavy atom. The fourth-order valence-corrected chi connectivity index (χ4v) is 3.14. The monoisotopic (exact) mass is 297 g/mol. The van der Waals surface area contributed by atoms with Gasteiger partial charge >= 0.3 is 0 Å². The lowest BCUT2D eigenvalue weighted by atomic mass is 10.3. The lowest BCUT2D eigenvalue weighted by Gasteiger charge is -2.08. The SMILES string of the molecule is CCn1nc(C)c(NS(=O)(=O)c2ccc(F)cc2)c1C. The Bertz CT molecular complexity index is 721. The molecule has 1 aromatic carbocycles. The Kier molecular flexibility index (Phi) is 3.80. The van der Waals surface area contributed by atoms with Gasteiger partial charge in [0.25, 0.3) is 10.0 Å². The molecule has 5 nitrogen and oxygen atoms in total. The molecule has 0 aliphatic heterocycles. The molecule has 7 heteroatoms. The molecule has 1 aromatic heterocycles. The van der Waals surface area contributed by atoms with Crippen LogP contribution >= 0.6 is 0 Å². The summed E-state index contributed by atoms with van der Waals surface area (Å²) in [6.45, 7) is 6.12. The Hall–Kier alpha value is -1.89. The quantitative estimate of drug-likeness (QED) is 0.943. The third kappa shape index (κ3) is 2.67. The second-order valence-electron chi connectivity index (χ2n) is 4.42. The molecule has 0 aliphatic rings. The van der Waals surface area contributed by atoms with Crippen LogP contribution in [0.2, 0.25) is 0 Å². The number of rotatable bonds is 4. The largest absolute Gasteiger partial charge is 0.276 e. The predicted molar refractivity (Wildman–Crippen MR) is 74.6 cm³/mol. The van der Waals surface area contributed by atoms with Gasteiger partial charge in [-0.15, -0.1) is 0 Å². The zero-order valence-corrected chi connectivity index (χ0v) is 12.3. The molecule has 0 bridgehead atoms. The van der Waals surface area contributed by atoms with E-state index >= 15 is 0 Å². The maximum atomic E-state index is 12.9. The van der Waals surface area contributed by atoms with Gasteiger partial charge in [-0.2, -0.15) is 5.10 Å². The van der Waals surface area contributed by atoms with E-state index in [9.17, 15) is 12.8 Å². The summed E-state index contributed by atoms with van der Waals surface area (Å²) in [7, 11) is -3.74. The molecule has 0 saturated carbocycles. The minimum Gasteiger partial charge on any atom is -0.276 e. The fraction of sp³-hybridized carbons (Fsp3) is 0.308. The number of aryl methyl sites for hydroxylation is 2. The van der Waals surface area contributed by atoms with Crippen molar-refractivity contribution in [2.24, 2.45) is 0 Å². The molecule has 1 heterocycles. The molecule has 0 radical (unpaired) electrons. The molecule has 0 unspecified atom stereocenters. The maximum Gasteiger partial charge on any atom is 0.262 e. The summed E-state index contributed by atoms with van der Waals surface area (Å²) >= 11 is 0. The van der Waals surface area contributed by atoms with Gasteiger partial charge in [0.15, 0.2) is 0 Å². The summed E-state index contributed by atoms with van der Waals surface area (Å²) in [6, 6.07) is 4.69. The van der Waals surface area contributed by atoms with Gasteiger partial charge in [0.1, 0.15) is 5.82 Å². The Labute approximate surface area is 117 Å². The van der Waals surface area contributed by atoms with Gasteiger partial charge in [-0.1, -0.05) is 0 Å². The Balaban J connectivity index is 2.38.